The van der Waals surface area contributed by atoms with Crippen LogP contribution < -0.4 is 0 Å². The second kappa shape index (κ2) is 15.3. The van der Waals surface area contributed by atoms with Gasteiger partial charge in [0.15, 0.2) is 0 Å². The van der Waals surface area contributed by atoms with Gasteiger partial charge in [-0.1, -0.05) is 98.3 Å². The Balaban J connectivity index is 2.18. The zero-order valence-electron chi connectivity index (χ0n) is 19.0. The van der Waals surface area contributed by atoms with Crippen LogP contribution in [-0.4, -0.2) is 33.8 Å². The fraction of sp³-hybridized carbons (Fsp3) is 0.917. The first kappa shape index (κ1) is 25.5. The van der Waals surface area contributed by atoms with E-state index in [1.54, 1.807) is 11.8 Å². The molecular formula is C24H45NO2S. The molecule has 1 aliphatic heterocycles. The Hall–Kier alpha value is -0.510. The number of unbranched alkanes of at least 4 members (excludes halogenated alkanes) is 6. The topological polar surface area (TPSA) is 37.4 Å². The Bertz CT molecular complexity index is 440. The van der Waals surface area contributed by atoms with E-state index in [-0.39, 0.29) is 17.1 Å². The van der Waals surface area contributed by atoms with E-state index in [1.165, 1.54) is 69.1 Å². The fourth-order valence-corrected chi connectivity index (χ4v) is 5.36. The summed E-state index contributed by atoms with van der Waals surface area (Å²) in [4.78, 5) is 26.2. The Labute approximate surface area is 178 Å². The molecule has 3 unspecified atom stereocenters. The normalized spacial score (nSPS) is 19.4. The van der Waals surface area contributed by atoms with Crippen molar-refractivity contribution in [2.45, 2.75) is 128 Å². The smallest absolute Gasteiger partial charge is 0.242 e. The largest absolute Gasteiger partial charge is 0.282 e. The molecule has 1 rings (SSSR count). The van der Waals surface area contributed by atoms with Crippen molar-refractivity contribution in [3.8, 4) is 0 Å². The molecule has 2 amide bonds. The summed E-state index contributed by atoms with van der Waals surface area (Å²) in [6.07, 6.45) is 17.0. The minimum atomic E-state index is -0.134. The molecule has 0 spiro atoms. The first-order chi connectivity index (χ1) is 13.5. The molecule has 3 nitrogen and oxygen atoms in total. The number of carbonyl (C=O) groups excluding carboxylic acids is 2. The van der Waals surface area contributed by atoms with E-state index in [9.17, 15) is 9.59 Å². The zero-order valence-corrected chi connectivity index (χ0v) is 19.8. The standard InChI is InChI=1S/C24H45NO2S/c1-5-8-9-12-16-21(15-6-2)17-13-10-11-14-18-25-23(26)19-22(24(25)27)28-20(4)7-3/h20-22H,5-19H2,1-4H3. The van der Waals surface area contributed by atoms with Crippen molar-refractivity contribution in [2.24, 2.45) is 5.92 Å². The summed E-state index contributed by atoms with van der Waals surface area (Å²) in [5, 5.41) is 0.310. The molecule has 3 atom stereocenters. The van der Waals surface area contributed by atoms with Gasteiger partial charge in [0.25, 0.3) is 0 Å². The van der Waals surface area contributed by atoms with E-state index in [0.29, 0.717) is 18.2 Å². The van der Waals surface area contributed by atoms with Crippen LogP contribution in [0.2, 0.25) is 0 Å². The van der Waals surface area contributed by atoms with Crippen LogP contribution in [0.4, 0.5) is 0 Å². The number of hydrogen-bond donors (Lipinski definition) is 0. The molecule has 4 heteroatoms. The number of imide groups is 1. The summed E-state index contributed by atoms with van der Waals surface area (Å²) in [7, 11) is 0. The van der Waals surface area contributed by atoms with E-state index in [0.717, 1.165) is 25.2 Å². The van der Waals surface area contributed by atoms with Crippen molar-refractivity contribution in [1.82, 2.24) is 4.90 Å². The number of likely N-dealkylation sites (tertiary alicyclic amines) is 1. The molecule has 0 bridgehead atoms. The van der Waals surface area contributed by atoms with Crippen molar-refractivity contribution in [3.63, 3.8) is 0 Å². The number of amides is 2. The second-order valence-corrected chi connectivity index (χ2v) is 10.3. The summed E-state index contributed by atoms with van der Waals surface area (Å²) < 4.78 is 0. The number of rotatable bonds is 17. The van der Waals surface area contributed by atoms with Crippen LogP contribution in [0.25, 0.3) is 0 Å². The van der Waals surface area contributed by atoms with Crippen molar-refractivity contribution in [2.75, 3.05) is 6.54 Å². The van der Waals surface area contributed by atoms with E-state index < -0.39 is 0 Å². The lowest BCUT2D eigenvalue weighted by Crippen LogP contribution is -2.32. The average molecular weight is 412 g/mol. The fourth-order valence-electron chi connectivity index (χ4n) is 4.13. The lowest BCUT2D eigenvalue weighted by Gasteiger charge is -2.17. The second-order valence-electron chi connectivity index (χ2n) is 8.64. The SMILES string of the molecule is CCCCCCC(CCC)CCCCCCN1C(=O)CC(SC(C)CC)C1=O. The van der Waals surface area contributed by atoms with Crippen LogP contribution in [0.3, 0.4) is 0 Å². The summed E-state index contributed by atoms with van der Waals surface area (Å²) in [6.45, 7) is 9.48. The van der Waals surface area contributed by atoms with Gasteiger partial charge in [0, 0.05) is 18.2 Å². The molecular weight excluding hydrogens is 366 g/mol. The monoisotopic (exact) mass is 411 g/mol. The summed E-state index contributed by atoms with van der Waals surface area (Å²) in [5.41, 5.74) is 0. The molecule has 1 aliphatic rings. The number of carbonyl (C=O) groups is 2. The van der Waals surface area contributed by atoms with Crippen LogP contribution in [0.1, 0.15) is 118 Å². The van der Waals surface area contributed by atoms with E-state index in [2.05, 4.69) is 27.7 Å². The molecule has 0 saturated carbocycles. The third kappa shape index (κ3) is 9.80. The van der Waals surface area contributed by atoms with Gasteiger partial charge < -0.3 is 0 Å². The van der Waals surface area contributed by atoms with Crippen molar-refractivity contribution in [1.29, 1.82) is 0 Å². The van der Waals surface area contributed by atoms with Gasteiger partial charge in [-0.15, -0.1) is 11.8 Å². The van der Waals surface area contributed by atoms with Gasteiger partial charge in [-0.2, -0.15) is 0 Å². The Morgan fingerprint density at radius 3 is 2.14 bits per heavy atom. The van der Waals surface area contributed by atoms with Crippen molar-refractivity contribution < 1.29 is 9.59 Å². The predicted molar refractivity (Wildman–Crippen MR) is 123 cm³/mol. The Morgan fingerprint density at radius 1 is 0.893 bits per heavy atom. The number of nitrogens with zero attached hydrogens (tertiary/aromatic N) is 1. The minimum Gasteiger partial charge on any atom is -0.282 e. The first-order valence-corrected chi connectivity index (χ1v) is 13.0. The van der Waals surface area contributed by atoms with Gasteiger partial charge in [-0.25, -0.2) is 0 Å². The highest BCUT2D eigenvalue weighted by molar-refractivity contribution is 8.01. The Morgan fingerprint density at radius 2 is 1.54 bits per heavy atom. The Kier molecular flexibility index (Phi) is 14.0. The third-order valence-electron chi connectivity index (χ3n) is 6.08. The van der Waals surface area contributed by atoms with Gasteiger partial charge in [0.1, 0.15) is 0 Å². The molecule has 28 heavy (non-hydrogen) atoms. The van der Waals surface area contributed by atoms with Crippen LogP contribution in [-0.2, 0) is 9.59 Å². The van der Waals surface area contributed by atoms with Crippen LogP contribution in [0.15, 0.2) is 0 Å². The molecule has 164 valence electrons. The quantitative estimate of drug-likeness (QED) is 0.191. The lowest BCUT2D eigenvalue weighted by atomic mass is 9.91. The van der Waals surface area contributed by atoms with Crippen LogP contribution >= 0.6 is 11.8 Å². The molecule has 0 N–H and O–H groups in total. The lowest BCUT2D eigenvalue weighted by molar-refractivity contribution is -0.138. The maximum Gasteiger partial charge on any atom is 0.242 e. The van der Waals surface area contributed by atoms with Crippen molar-refractivity contribution in [3.05, 3.63) is 0 Å². The summed E-state index contributed by atoms with van der Waals surface area (Å²) in [5.74, 6) is 1.01. The number of hydrogen-bond acceptors (Lipinski definition) is 3. The molecule has 0 aromatic rings. The maximum atomic E-state index is 12.5. The van der Waals surface area contributed by atoms with Gasteiger partial charge in [0.05, 0.1) is 5.25 Å². The average Bonchev–Trinajstić information content (AvgIpc) is 2.94. The molecule has 1 fully saturated rings. The van der Waals surface area contributed by atoms with Crippen molar-refractivity contribution >= 4 is 23.6 Å². The van der Waals surface area contributed by atoms with Gasteiger partial charge in [-0.05, 0) is 18.8 Å². The highest BCUT2D eigenvalue weighted by atomic mass is 32.2. The molecule has 0 aromatic carbocycles. The molecule has 0 radical (unpaired) electrons. The third-order valence-corrected chi connectivity index (χ3v) is 7.58. The molecule has 0 aromatic heterocycles. The molecule has 1 heterocycles. The summed E-state index contributed by atoms with van der Waals surface area (Å²) >= 11 is 1.68. The van der Waals surface area contributed by atoms with E-state index in [1.807, 2.05) is 0 Å². The van der Waals surface area contributed by atoms with Crippen LogP contribution in [0.5, 0.6) is 0 Å². The van der Waals surface area contributed by atoms with E-state index >= 15 is 0 Å². The molecule has 1 saturated heterocycles. The minimum absolute atomic E-state index is 0.0425. The highest BCUT2D eigenvalue weighted by Crippen LogP contribution is 2.30. The zero-order chi connectivity index (χ0) is 20.8. The highest BCUT2D eigenvalue weighted by Gasteiger charge is 2.38. The van der Waals surface area contributed by atoms with Gasteiger partial charge in [-0.3, -0.25) is 14.5 Å². The summed E-state index contributed by atoms with van der Waals surface area (Å²) in [6, 6.07) is 0. The maximum absolute atomic E-state index is 12.5. The number of thioether (sulfide) groups is 1. The predicted octanol–water partition coefficient (Wildman–Crippen LogP) is 6.98. The van der Waals surface area contributed by atoms with Gasteiger partial charge >= 0.3 is 0 Å². The molecule has 0 aliphatic carbocycles. The van der Waals surface area contributed by atoms with Gasteiger partial charge in [0.2, 0.25) is 11.8 Å². The van der Waals surface area contributed by atoms with E-state index in [4.69, 9.17) is 0 Å². The van der Waals surface area contributed by atoms with Crippen LogP contribution in [0, 0.1) is 5.92 Å². The first-order valence-electron chi connectivity index (χ1n) is 12.0.